The van der Waals surface area contributed by atoms with Gasteiger partial charge in [-0.3, -0.25) is 0 Å². The second-order valence-electron chi connectivity index (χ2n) is 4.76. The molecule has 0 aliphatic rings. The summed E-state index contributed by atoms with van der Waals surface area (Å²) in [7, 11) is 0. The Hall–Kier alpha value is -2.42. The maximum absolute atomic E-state index is 10.9. The Morgan fingerprint density at radius 3 is 2.70 bits per heavy atom. The summed E-state index contributed by atoms with van der Waals surface area (Å²) in [6.07, 6.45) is 11.2. The predicted molar refractivity (Wildman–Crippen MR) is 95.4 cm³/mol. The number of aromatic nitrogens is 2. The van der Waals surface area contributed by atoms with Crippen LogP contribution in [-0.2, 0) is 4.79 Å². The molecule has 1 aromatic heterocycles. The van der Waals surface area contributed by atoms with Crippen LogP contribution < -0.4 is 9.80 Å². The number of terminal acetylenes is 1. The highest BCUT2D eigenvalue weighted by Crippen LogP contribution is 2.27. The van der Waals surface area contributed by atoms with Crippen molar-refractivity contribution < 1.29 is 4.79 Å². The van der Waals surface area contributed by atoms with Gasteiger partial charge in [-0.25, -0.2) is 9.98 Å². The maximum Gasteiger partial charge on any atom is 0.227 e. The van der Waals surface area contributed by atoms with Gasteiger partial charge in [0.2, 0.25) is 5.95 Å². The van der Waals surface area contributed by atoms with E-state index in [2.05, 4.69) is 27.8 Å². The molecular formula is C17H24N5O. The Morgan fingerprint density at radius 2 is 2.13 bits per heavy atom. The zero-order valence-corrected chi connectivity index (χ0v) is 13.9. The van der Waals surface area contributed by atoms with Crippen LogP contribution in [0.2, 0.25) is 0 Å². The molecule has 6 heteroatoms. The molecule has 123 valence electrons. The summed E-state index contributed by atoms with van der Waals surface area (Å²) in [4.78, 5) is 28.0. The van der Waals surface area contributed by atoms with Gasteiger partial charge in [0.25, 0.3) is 0 Å². The van der Waals surface area contributed by atoms with Gasteiger partial charge in [0, 0.05) is 19.3 Å². The first kappa shape index (κ1) is 18.6. The topological polar surface area (TPSA) is 61.7 Å². The summed E-state index contributed by atoms with van der Waals surface area (Å²) >= 11 is 0. The van der Waals surface area contributed by atoms with Gasteiger partial charge in [0.05, 0.1) is 19.3 Å². The Labute approximate surface area is 138 Å². The largest absolute Gasteiger partial charge is 0.349 e. The van der Waals surface area contributed by atoms with Gasteiger partial charge >= 0.3 is 0 Å². The summed E-state index contributed by atoms with van der Waals surface area (Å²) in [5.74, 6) is 3.68. The van der Waals surface area contributed by atoms with E-state index in [1.165, 1.54) is 0 Å². The van der Waals surface area contributed by atoms with E-state index in [1.54, 1.807) is 17.3 Å². The molecule has 0 aliphatic heterocycles. The van der Waals surface area contributed by atoms with Crippen LogP contribution in [0.1, 0.15) is 26.7 Å². The second-order valence-corrected chi connectivity index (χ2v) is 4.76. The Bertz CT molecular complexity index is 561. The molecule has 0 amide bonds. The molecule has 0 spiro atoms. The number of hydrogen-bond acceptors (Lipinski definition) is 6. The molecule has 0 aliphatic carbocycles. The molecule has 23 heavy (non-hydrogen) atoms. The zero-order chi connectivity index (χ0) is 17.1. The van der Waals surface area contributed by atoms with Crippen LogP contribution in [-0.4, -0.2) is 48.6 Å². The van der Waals surface area contributed by atoms with E-state index >= 15 is 0 Å². The van der Waals surface area contributed by atoms with Crippen molar-refractivity contribution in [3.05, 3.63) is 13.1 Å². The molecule has 1 heterocycles. The first-order valence-corrected chi connectivity index (χ1v) is 7.77. The van der Waals surface area contributed by atoms with Crippen molar-refractivity contribution in [3.63, 3.8) is 0 Å². The number of unbranched alkanes of at least 4 members (excludes halogenated alkanes) is 1. The third-order valence-corrected chi connectivity index (χ3v) is 3.25. The minimum absolute atomic E-state index is 0.177. The van der Waals surface area contributed by atoms with Crippen molar-refractivity contribution in [1.82, 2.24) is 9.97 Å². The third-order valence-electron chi connectivity index (χ3n) is 3.25. The van der Waals surface area contributed by atoms with Crippen molar-refractivity contribution in [1.29, 1.82) is 0 Å². The molecule has 0 unspecified atom stereocenters. The Kier molecular flexibility index (Phi) is 8.37. The predicted octanol–water partition coefficient (Wildman–Crippen LogP) is 2.28. The van der Waals surface area contributed by atoms with Crippen molar-refractivity contribution in [2.24, 2.45) is 4.99 Å². The minimum Gasteiger partial charge on any atom is -0.349 e. The highest BCUT2D eigenvalue weighted by molar-refractivity contribution is 5.73. The summed E-state index contributed by atoms with van der Waals surface area (Å²) < 4.78 is 0. The molecule has 0 N–H and O–H groups in total. The quantitative estimate of drug-likeness (QED) is 0.377. The number of aliphatic imine (C=N–C) groups is 1. The third kappa shape index (κ3) is 5.37. The first-order chi connectivity index (χ1) is 11.2. The van der Waals surface area contributed by atoms with Crippen molar-refractivity contribution in [3.8, 4) is 12.3 Å². The molecule has 0 fully saturated rings. The van der Waals surface area contributed by atoms with Crippen LogP contribution in [0.25, 0.3) is 0 Å². The normalized spacial score (nSPS) is 10.5. The fraction of sp³-hybridized carbons (Fsp3) is 0.471. The standard InChI is InChI=1S/C17H24N5O/c1-5-9-10-18-16-15(22(11-6-2)12-13-23)14-19-17(20-16)21(7-3)8-4/h2,10,13-14H,1,5,7-9,11-12H2,3-4H3. The van der Waals surface area contributed by atoms with Gasteiger partial charge in [-0.2, -0.15) is 4.98 Å². The molecule has 1 rings (SSSR count). The Morgan fingerprint density at radius 1 is 1.39 bits per heavy atom. The number of aldehydes is 1. The SMILES string of the molecule is C#CCN(CC=O)c1cnc(N(CC)CC)nc1N=CCC[CH2]. The fourth-order valence-electron chi connectivity index (χ4n) is 2.02. The van der Waals surface area contributed by atoms with Crippen molar-refractivity contribution in [2.45, 2.75) is 26.7 Å². The van der Waals surface area contributed by atoms with E-state index in [-0.39, 0.29) is 6.54 Å². The van der Waals surface area contributed by atoms with Crippen LogP contribution in [0.15, 0.2) is 11.2 Å². The molecule has 0 saturated carbocycles. The molecule has 1 radical (unpaired) electrons. The van der Waals surface area contributed by atoms with E-state index in [9.17, 15) is 4.79 Å². The highest BCUT2D eigenvalue weighted by atomic mass is 16.1. The smallest absolute Gasteiger partial charge is 0.227 e. The van der Waals surface area contributed by atoms with E-state index in [4.69, 9.17) is 6.42 Å². The number of rotatable bonds is 10. The lowest BCUT2D eigenvalue weighted by Crippen LogP contribution is -2.27. The minimum atomic E-state index is 0.177. The van der Waals surface area contributed by atoms with Gasteiger partial charge in [-0.1, -0.05) is 12.8 Å². The molecule has 0 bridgehead atoms. The fourth-order valence-corrected chi connectivity index (χ4v) is 2.02. The van der Waals surface area contributed by atoms with Crippen LogP contribution in [0.3, 0.4) is 0 Å². The van der Waals surface area contributed by atoms with Gasteiger partial charge in [-0.05, 0) is 26.7 Å². The van der Waals surface area contributed by atoms with E-state index < -0.39 is 0 Å². The molecule has 0 aromatic carbocycles. The van der Waals surface area contributed by atoms with Crippen molar-refractivity contribution >= 4 is 30.0 Å². The van der Waals surface area contributed by atoms with Crippen LogP contribution in [0.5, 0.6) is 0 Å². The monoisotopic (exact) mass is 314 g/mol. The Balaban J connectivity index is 3.26. The number of carbonyl (C=O) groups excluding carboxylic acids is 1. The zero-order valence-electron chi connectivity index (χ0n) is 13.9. The number of anilines is 2. The maximum atomic E-state index is 10.9. The van der Waals surface area contributed by atoms with Gasteiger partial charge in [-0.15, -0.1) is 6.42 Å². The highest BCUT2D eigenvalue weighted by Gasteiger charge is 2.15. The lowest BCUT2D eigenvalue weighted by Gasteiger charge is -2.23. The molecule has 1 aromatic rings. The van der Waals surface area contributed by atoms with Gasteiger partial charge in [0.15, 0.2) is 5.82 Å². The molecule has 0 atom stereocenters. The van der Waals surface area contributed by atoms with Crippen LogP contribution in [0, 0.1) is 19.3 Å². The lowest BCUT2D eigenvalue weighted by atomic mass is 10.3. The first-order valence-electron chi connectivity index (χ1n) is 7.77. The second kappa shape index (κ2) is 10.3. The molecular weight excluding hydrogens is 290 g/mol. The van der Waals surface area contributed by atoms with E-state index in [0.717, 1.165) is 32.2 Å². The number of carbonyl (C=O) groups is 1. The average molecular weight is 314 g/mol. The molecule has 6 nitrogen and oxygen atoms in total. The summed E-state index contributed by atoms with van der Waals surface area (Å²) in [6.45, 7) is 9.96. The number of hydrogen-bond donors (Lipinski definition) is 0. The summed E-state index contributed by atoms with van der Waals surface area (Å²) in [5.41, 5.74) is 0.659. The number of nitrogens with zero attached hydrogens (tertiary/aromatic N) is 5. The average Bonchev–Trinajstić information content (AvgIpc) is 2.56. The van der Waals surface area contributed by atoms with Gasteiger partial charge < -0.3 is 14.6 Å². The molecule has 0 saturated heterocycles. The van der Waals surface area contributed by atoms with E-state index in [1.807, 2.05) is 18.7 Å². The lowest BCUT2D eigenvalue weighted by molar-refractivity contribution is -0.106. The summed E-state index contributed by atoms with van der Waals surface area (Å²) in [5, 5.41) is 0. The summed E-state index contributed by atoms with van der Waals surface area (Å²) in [6, 6.07) is 0. The van der Waals surface area contributed by atoms with Crippen LogP contribution in [0.4, 0.5) is 17.5 Å². The van der Waals surface area contributed by atoms with Crippen LogP contribution >= 0.6 is 0 Å². The van der Waals surface area contributed by atoms with Crippen molar-refractivity contribution in [2.75, 3.05) is 36.0 Å². The van der Waals surface area contributed by atoms with E-state index in [0.29, 0.717) is 24.0 Å². The van der Waals surface area contributed by atoms with Gasteiger partial charge in [0.1, 0.15) is 12.0 Å².